The zero-order valence-electron chi connectivity index (χ0n) is 34.7. The van der Waals surface area contributed by atoms with Gasteiger partial charge in [0.2, 0.25) is 0 Å². The van der Waals surface area contributed by atoms with Gasteiger partial charge in [-0.1, -0.05) is 179 Å². The Labute approximate surface area is 360 Å². The average Bonchev–Trinajstić information content (AvgIpc) is 3.86. The smallest absolute Gasteiger partial charge is 0.0361 e. The van der Waals surface area contributed by atoms with Crippen molar-refractivity contribution in [1.29, 1.82) is 0 Å². The van der Waals surface area contributed by atoms with Crippen molar-refractivity contribution in [2.45, 2.75) is 38.5 Å². The first-order valence-corrected chi connectivity index (χ1v) is 22.4. The van der Waals surface area contributed by atoms with E-state index in [0.717, 1.165) is 0 Å². The van der Waals surface area contributed by atoms with E-state index in [4.69, 9.17) is 0 Å². The van der Waals surface area contributed by atoms with Crippen molar-refractivity contribution in [3.8, 4) is 55.6 Å². The molecule has 1 heteroatoms. The van der Waals surface area contributed by atoms with E-state index in [1.807, 2.05) is 11.3 Å². The molecule has 0 saturated carbocycles. The molecular formula is C60H42S. The number of benzene rings is 10. The second kappa shape index (κ2) is 12.4. The second-order valence-corrected chi connectivity index (χ2v) is 19.4. The van der Waals surface area contributed by atoms with Crippen LogP contribution in [0.2, 0.25) is 0 Å². The minimum absolute atomic E-state index is 0.151. The third kappa shape index (κ3) is 4.76. The van der Waals surface area contributed by atoms with Gasteiger partial charge in [0.25, 0.3) is 0 Å². The van der Waals surface area contributed by atoms with Gasteiger partial charge in [0.15, 0.2) is 0 Å². The molecule has 0 atom stereocenters. The van der Waals surface area contributed by atoms with Crippen LogP contribution >= 0.6 is 11.3 Å². The van der Waals surface area contributed by atoms with Crippen LogP contribution in [0.25, 0.3) is 108 Å². The molecule has 11 aromatic rings. The molecule has 0 saturated heterocycles. The van der Waals surface area contributed by atoms with Gasteiger partial charge >= 0.3 is 0 Å². The van der Waals surface area contributed by atoms with E-state index in [9.17, 15) is 0 Å². The van der Waals surface area contributed by atoms with Crippen molar-refractivity contribution in [2.24, 2.45) is 0 Å². The summed E-state index contributed by atoms with van der Waals surface area (Å²) in [5.41, 5.74) is 18.5. The number of hydrogen-bond donors (Lipinski definition) is 0. The highest BCUT2D eigenvalue weighted by atomic mass is 32.1. The highest BCUT2D eigenvalue weighted by molar-refractivity contribution is 7.26. The monoisotopic (exact) mass is 794 g/mol. The second-order valence-electron chi connectivity index (χ2n) is 18.4. The van der Waals surface area contributed by atoms with Crippen LogP contribution in [0.5, 0.6) is 0 Å². The first kappa shape index (κ1) is 35.0. The van der Waals surface area contributed by atoms with E-state index in [0.29, 0.717) is 0 Å². The third-order valence-corrected chi connectivity index (χ3v) is 15.5. The minimum atomic E-state index is -0.152. The fourth-order valence-corrected chi connectivity index (χ4v) is 12.7. The molecule has 2 aliphatic rings. The Kier molecular flexibility index (Phi) is 7.11. The molecule has 61 heavy (non-hydrogen) atoms. The van der Waals surface area contributed by atoms with Crippen LogP contribution in [0, 0.1) is 0 Å². The molecule has 0 aliphatic heterocycles. The van der Waals surface area contributed by atoms with Crippen molar-refractivity contribution in [1.82, 2.24) is 0 Å². The van der Waals surface area contributed by atoms with E-state index < -0.39 is 0 Å². The third-order valence-electron chi connectivity index (χ3n) is 14.4. The summed E-state index contributed by atoms with van der Waals surface area (Å²) in [4.78, 5) is 0. The highest BCUT2D eigenvalue weighted by Gasteiger charge is 2.40. The summed E-state index contributed by atoms with van der Waals surface area (Å²) in [5, 5.41) is 10.6. The lowest BCUT2D eigenvalue weighted by molar-refractivity contribution is 0.660. The molecule has 0 fully saturated rings. The number of fused-ring (bicyclic) bond motifs is 13. The number of rotatable bonds is 3. The molecule has 0 nitrogen and oxygen atoms in total. The van der Waals surface area contributed by atoms with E-state index >= 15 is 0 Å². The molecule has 0 spiro atoms. The highest BCUT2D eigenvalue weighted by Crippen LogP contribution is 2.57. The van der Waals surface area contributed by atoms with Crippen LogP contribution in [0.1, 0.15) is 49.9 Å². The van der Waals surface area contributed by atoms with Crippen molar-refractivity contribution >= 4 is 63.8 Å². The minimum Gasteiger partial charge on any atom is -0.135 e. The van der Waals surface area contributed by atoms with Gasteiger partial charge in [-0.15, -0.1) is 11.3 Å². The molecule has 10 aromatic carbocycles. The Hall–Kier alpha value is -6.80. The van der Waals surface area contributed by atoms with Crippen molar-refractivity contribution in [3.05, 3.63) is 204 Å². The molecule has 0 radical (unpaired) electrons. The van der Waals surface area contributed by atoms with Gasteiger partial charge in [-0.3, -0.25) is 0 Å². The SMILES string of the molecule is CC1(C)c2ccc(-c3cccc4c3C(C)(C)c3cc5sc6ccc7ccccc7c6c5cc3-4)cc2-c2ccc(-c3c4ccccc4c(-c4ccccc4)c4ccccc34)cc21. The maximum absolute atomic E-state index is 2.51. The average molecular weight is 795 g/mol. The van der Waals surface area contributed by atoms with Crippen molar-refractivity contribution < 1.29 is 0 Å². The molecule has 1 aromatic heterocycles. The van der Waals surface area contributed by atoms with E-state index in [1.165, 1.54) is 130 Å². The van der Waals surface area contributed by atoms with E-state index in [1.54, 1.807) is 0 Å². The molecule has 2 aliphatic carbocycles. The molecule has 13 rings (SSSR count). The van der Waals surface area contributed by atoms with E-state index in [2.05, 4.69) is 210 Å². The molecular weight excluding hydrogens is 753 g/mol. The number of hydrogen-bond acceptors (Lipinski definition) is 1. The van der Waals surface area contributed by atoms with Crippen molar-refractivity contribution in [2.75, 3.05) is 0 Å². The largest absolute Gasteiger partial charge is 0.135 e. The van der Waals surface area contributed by atoms with Crippen molar-refractivity contribution in [3.63, 3.8) is 0 Å². The molecule has 288 valence electrons. The van der Waals surface area contributed by atoms with Gasteiger partial charge in [-0.25, -0.2) is 0 Å². The van der Waals surface area contributed by atoms with Gasteiger partial charge in [-0.05, 0) is 141 Å². The van der Waals surface area contributed by atoms with Gasteiger partial charge < -0.3 is 0 Å². The summed E-state index contributed by atoms with van der Waals surface area (Å²) >= 11 is 1.93. The standard InChI is InChI=1S/C60H42S/c1-59(2)50-29-26-37(40-23-14-24-46-48-33-49-54(34-52(48)60(3,4)58(40)46)61-53-30-27-35-15-8-9-18-39(35)57(49)53)31-47(50)41-28-25-38(32-51(41)59)56-44-21-12-10-19-42(44)55(36-16-6-5-7-17-36)43-20-11-13-22-45(43)56/h5-34H,1-4H3. The lowest BCUT2D eigenvalue weighted by Gasteiger charge is -2.25. The normalized spacial score (nSPS) is 14.5. The Bertz CT molecular complexity index is 3630. The van der Waals surface area contributed by atoms with E-state index in [-0.39, 0.29) is 10.8 Å². The van der Waals surface area contributed by atoms with Crippen LogP contribution in [-0.4, -0.2) is 0 Å². The maximum atomic E-state index is 2.51. The molecule has 1 heterocycles. The van der Waals surface area contributed by atoms with Gasteiger partial charge in [0.05, 0.1) is 0 Å². The molecule has 0 unspecified atom stereocenters. The lowest BCUT2D eigenvalue weighted by atomic mass is 9.78. The lowest BCUT2D eigenvalue weighted by Crippen LogP contribution is -2.16. The Morgan fingerprint density at radius 3 is 1.67 bits per heavy atom. The fourth-order valence-electron chi connectivity index (χ4n) is 11.6. The summed E-state index contributed by atoms with van der Waals surface area (Å²) in [7, 11) is 0. The topological polar surface area (TPSA) is 0 Å². The summed E-state index contributed by atoms with van der Waals surface area (Å²) in [5.74, 6) is 0. The summed E-state index contributed by atoms with van der Waals surface area (Å²) in [6, 6.07) is 68.9. The molecule has 0 amide bonds. The zero-order valence-corrected chi connectivity index (χ0v) is 35.5. The summed E-state index contributed by atoms with van der Waals surface area (Å²) < 4.78 is 2.73. The Morgan fingerprint density at radius 2 is 0.934 bits per heavy atom. The summed E-state index contributed by atoms with van der Waals surface area (Å²) in [6.45, 7) is 9.69. The van der Waals surface area contributed by atoms with Crippen LogP contribution in [-0.2, 0) is 10.8 Å². The van der Waals surface area contributed by atoms with Crippen LogP contribution in [0.3, 0.4) is 0 Å². The first-order valence-electron chi connectivity index (χ1n) is 21.6. The first-order chi connectivity index (χ1) is 29.8. The quantitative estimate of drug-likeness (QED) is 0.156. The van der Waals surface area contributed by atoms with Crippen LogP contribution < -0.4 is 0 Å². The van der Waals surface area contributed by atoms with Gasteiger partial charge in [0.1, 0.15) is 0 Å². The predicted molar refractivity (Wildman–Crippen MR) is 263 cm³/mol. The van der Waals surface area contributed by atoms with Crippen LogP contribution in [0.4, 0.5) is 0 Å². The number of thiophene rings is 1. The molecule has 0 N–H and O–H groups in total. The van der Waals surface area contributed by atoms with Crippen LogP contribution in [0.15, 0.2) is 182 Å². The Morgan fingerprint density at radius 1 is 0.328 bits per heavy atom. The molecule has 0 bridgehead atoms. The van der Waals surface area contributed by atoms with Gasteiger partial charge in [0, 0.05) is 31.0 Å². The zero-order chi connectivity index (χ0) is 40.8. The maximum Gasteiger partial charge on any atom is 0.0361 e. The Balaban J connectivity index is 0.962. The summed E-state index contributed by atoms with van der Waals surface area (Å²) in [6.07, 6.45) is 0. The van der Waals surface area contributed by atoms with Gasteiger partial charge in [-0.2, -0.15) is 0 Å². The fraction of sp³-hybridized carbons (Fsp3) is 0.100. The predicted octanol–water partition coefficient (Wildman–Crippen LogP) is 17.1.